The number of hydrogen-bond donors (Lipinski definition) is 0. The molecule has 0 unspecified atom stereocenters. The van der Waals surface area contributed by atoms with E-state index in [1.165, 1.54) is 24.2 Å². The van der Waals surface area contributed by atoms with Crippen molar-refractivity contribution in [1.82, 2.24) is 29.2 Å². The van der Waals surface area contributed by atoms with Crippen molar-refractivity contribution in [1.29, 1.82) is 0 Å². The first-order valence-corrected chi connectivity index (χ1v) is 12.0. The second-order valence-corrected chi connectivity index (χ2v) is 9.76. The number of piperazine rings is 1. The van der Waals surface area contributed by atoms with Gasteiger partial charge in [0.2, 0.25) is 5.95 Å². The molecule has 4 heterocycles. The summed E-state index contributed by atoms with van der Waals surface area (Å²) in [6.07, 6.45) is 9.51. The van der Waals surface area contributed by atoms with Gasteiger partial charge in [-0.2, -0.15) is 0 Å². The molecule has 1 saturated heterocycles. The molecule has 3 aromatic heterocycles. The molecule has 32 heavy (non-hydrogen) atoms. The molecule has 2 aliphatic rings. The Labute approximate surface area is 191 Å². The highest BCUT2D eigenvalue weighted by Gasteiger charge is 2.26. The minimum atomic E-state index is 0.358. The zero-order chi connectivity index (χ0) is 22.1. The molecule has 7 nitrogen and oxygen atoms in total. The molecule has 0 bridgehead atoms. The second kappa shape index (κ2) is 9.16. The minimum Gasteiger partial charge on any atom is -0.339 e. The van der Waals surface area contributed by atoms with E-state index in [9.17, 15) is 0 Å². The van der Waals surface area contributed by atoms with Gasteiger partial charge in [0.25, 0.3) is 0 Å². The first-order chi connectivity index (χ1) is 15.6. The number of pyridine rings is 1. The van der Waals surface area contributed by atoms with Crippen molar-refractivity contribution in [3.8, 4) is 0 Å². The fraction of sp³-hybridized carbons (Fsp3) is 0.560. The lowest BCUT2D eigenvalue weighted by Gasteiger charge is -2.36. The molecule has 1 aliphatic heterocycles. The third kappa shape index (κ3) is 4.36. The highest BCUT2D eigenvalue weighted by atomic mass is 15.3. The van der Waals surface area contributed by atoms with Crippen LogP contribution >= 0.6 is 0 Å². The molecule has 5 rings (SSSR count). The van der Waals surface area contributed by atoms with Gasteiger partial charge in [-0.25, -0.2) is 9.97 Å². The normalized spacial score (nSPS) is 19.8. The van der Waals surface area contributed by atoms with Crippen molar-refractivity contribution < 1.29 is 0 Å². The van der Waals surface area contributed by atoms with E-state index in [4.69, 9.17) is 15.0 Å². The van der Waals surface area contributed by atoms with Crippen LogP contribution in [0.5, 0.6) is 0 Å². The number of nitrogens with zero attached hydrogens (tertiary/aromatic N) is 7. The molecule has 0 N–H and O–H groups in total. The molecule has 7 heteroatoms. The van der Waals surface area contributed by atoms with Crippen LogP contribution < -0.4 is 4.90 Å². The van der Waals surface area contributed by atoms with Crippen LogP contribution in [0.25, 0.3) is 5.65 Å². The SMILES string of the molecule is CC(C)CN1CCN(c2nccc3nc(CN(C)[C@H]4CCCc5cccnc54)cn23)CC1. The summed E-state index contributed by atoms with van der Waals surface area (Å²) >= 11 is 0. The molecule has 1 atom stereocenters. The summed E-state index contributed by atoms with van der Waals surface area (Å²) in [5.74, 6) is 1.72. The lowest BCUT2D eigenvalue weighted by atomic mass is 9.91. The van der Waals surface area contributed by atoms with Crippen molar-refractivity contribution in [3.63, 3.8) is 0 Å². The Hall–Kier alpha value is -2.51. The first kappa shape index (κ1) is 21.3. The summed E-state index contributed by atoms with van der Waals surface area (Å²) in [5.41, 5.74) is 4.70. The van der Waals surface area contributed by atoms with Gasteiger partial charge in [0.05, 0.1) is 17.4 Å². The van der Waals surface area contributed by atoms with Crippen molar-refractivity contribution in [2.75, 3.05) is 44.7 Å². The van der Waals surface area contributed by atoms with Gasteiger partial charge in [-0.15, -0.1) is 0 Å². The molecular formula is C25H35N7. The van der Waals surface area contributed by atoms with E-state index in [2.05, 4.69) is 58.3 Å². The Bertz CT molecular complexity index is 1050. The zero-order valence-electron chi connectivity index (χ0n) is 19.6. The quantitative estimate of drug-likeness (QED) is 0.594. The third-order valence-corrected chi connectivity index (χ3v) is 6.80. The van der Waals surface area contributed by atoms with Gasteiger partial charge < -0.3 is 4.90 Å². The summed E-state index contributed by atoms with van der Waals surface area (Å²) in [4.78, 5) is 21.8. The second-order valence-electron chi connectivity index (χ2n) is 9.76. The van der Waals surface area contributed by atoms with Crippen LogP contribution in [-0.2, 0) is 13.0 Å². The minimum absolute atomic E-state index is 0.358. The van der Waals surface area contributed by atoms with E-state index in [1.54, 1.807) is 0 Å². The molecule has 0 saturated carbocycles. The highest BCUT2D eigenvalue weighted by molar-refractivity contribution is 5.48. The molecule has 170 valence electrons. The molecular weight excluding hydrogens is 398 g/mol. The fourth-order valence-electron chi connectivity index (χ4n) is 5.29. The molecule has 0 radical (unpaired) electrons. The smallest absolute Gasteiger partial charge is 0.211 e. The maximum atomic E-state index is 4.94. The van der Waals surface area contributed by atoms with E-state index in [0.717, 1.165) is 62.9 Å². The molecule has 1 aliphatic carbocycles. The molecule has 0 amide bonds. The van der Waals surface area contributed by atoms with Gasteiger partial charge in [0.1, 0.15) is 5.65 Å². The topological polar surface area (TPSA) is 52.8 Å². The van der Waals surface area contributed by atoms with Crippen molar-refractivity contribution in [3.05, 3.63) is 53.7 Å². The van der Waals surface area contributed by atoms with E-state index < -0.39 is 0 Å². The zero-order valence-corrected chi connectivity index (χ0v) is 19.6. The maximum absolute atomic E-state index is 4.94. The number of hydrogen-bond acceptors (Lipinski definition) is 6. The van der Waals surface area contributed by atoms with Gasteiger partial charge in [0, 0.05) is 57.9 Å². The Morgan fingerprint density at radius 1 is 1.09 bits per heavy atom. The number of imidazole rings is 1. The van der Waals surface area contributed by atoms with E-state index >= 15 is 0 Å². The Morgan fingerprint density at radius 2 is 1.94 bits per heavy atom. The molecule has 0 spiro atoms. The number of aryl methyl sites for hydroxylation is 1. The summed E-state index contributed by atoms with van der Waals surface area (Å²) < 4.78 is 2.17. The third-order valence-electron chi connectivity index (χ3n) is 6.80. The summed E-state index contributed by atoms with van der Waals surface area (Å²) in [7, 11) is 2.20. The Kier molecular flexibility index (Phi) is 6.11. The number of anilines is 1. The van der Waals surface area contributed by atoms with E-state index in [0.29, 0.717) is 12.0 Å². The largest absolute Gasteiger partial charge is 0.339 e. The van der Waals surface area contributed by atoms with E-state index in [1.807, 2.05) is 18.5 Å². The van der Waals surface area contributed by atoms with Gasteiger partial charge in [-0.05, 0) is 49.9 Å². The molecule has 0 aromatic carbocycles. The van der Waals surface area contributed by atoms with Gasteiger partial charge in [-0.3, -0.25) is 19.2 Å². The standard InChI is InChI=1S/C25H35N7/c1-19(2)16-30-12-14-31(15-13-30)25-27-11-9-23-28-21(18-32(23)25)17-29(3)22-8-4-6-20-7-5-10-26-24(20)22/h5,7,9-11,18-19,22H,4,6,8,12-17H2,1-3H3/t22-/m0/s1. The first-order valence-electron chi connectivity index (χ1n) is 12.0. The Morgan fingerprint density at radius 3 is 2.75 bits per heavy atom. The van der Waals surface area contributed by atoms with Gasteiger partial charge in [0.15, 0.2) is 0 Å². The maximum Gasteiger partial charge on any atom is 0.211 e. The average Bonchev–Trinajstić information content (AvgIpc) is 3.21. The molecule has 3 aromatic rings. The summed E-state index contributed by atoms with van der Waals surface area (Å²) in [5, 5.41) is 0. The van der Waals surface area contributed by atoms with Crippen molar-refractivity contribution >= 4 is 11.6 Å². The van der Waals surface area contributed by atoms with Crippen LogP contribution in [0.3, 0.4) is 0 Å². The summed E-state index contributed by atoms with van der Waals surface area (Å²) in [6.45, 7) is 10.8. The number of rotatable bonds is 6. The highest BCUT2D eigenvalue weighted by Crippen LogP contribution is 2.32. The summed E-state index contributed by atoms with van der Waals surface area (Å²) in [6, 6.07) is 6.66. The van der Waals surface area contributed by atoms with Crippen LogP contribution in [0, 0.1) is 5.92 Å². The monoisotopic (exact) mass is 433 g/mol. The predicted molar refractivity (Wildman–Crippen MR) is 128 cm³/mol. The van der Waals surface area contributed by atoms with Crippen LogP contribution in [0.2, 0.25) is 0 Å². The number of aromatic nitrogens is 4. The average molecular weight is 434 g/mol. The predicted octanol–water partition coefficient (Wildman–Crippen LogP) is 3.41. The van der Waals surface area contributed by atoms with Crippen LogP contribution in [0.1, 0.15) is 49.7 Å². The Balaban J connectivity index is 1.32. The van der Waals surface area contributed by atoms with Crippen LogP contribution in [-0.4, -0.2) is 68.9 Å². The molecule has 1 fully saturated rings. The van der Waals surface area contributed by atoms with Crippen LogP contribution in [0.4, 0.5) is 5.95 Å². The van der Waals surface area contributed by atoms with Crippen LogP contribution in [0.15, 0.2) is 36.8 Å². The van der Waals surface area contributed by atoms with Gasteiger partial charge >= 0.3 is 0 Å². The fourth-order valence-corrected chi connectivity index (χ4v) is 5.29. The lowest BCUT2D eigenvalue weighted by molar-refractivity contribution is 0.206. The number of fused-ring (bicyclic) bond motifs is 2. The van der Waals surface area contributed by atoms with Crippen molar-refractivity contribution in [2.45, 2.75) is 45.7 Å². The van der Waals surface area contributed by atoms with Gasteiger partial charge in [-0.1, -0.05) is 19.9 Å². The lowest BCUT2D eigenvalue weighted by Crippen LogP contribution is -2.48. The van der Waals surface area contributed by atoms with Crippen molar-refractivity contribution in [2.24, 2.45) is 5.92 Å². The van der Waals surface area contributed by atoms with E-state index in [-0.39, 0.29) is 0 Å².